The average molecular weight is 307 g/mol. The molecule has 0 spiro atoms. The minimum absolute atomic E-state index is 0.0661. The van der Waals surface area contributed by atoms with E-state index in [2.05, 4.69) is 9.97 Å². The van der Waals surface area contributed by atoms with E-state index in [0.29, 0.717) is 18.8 Å². The fourth-order valence-electron chi connectivity index (χ4n) is 1.88. The van der Waals surface area contributed by atoms with Crippen molar-refractivity contribution in [1.29, 1.82) is 0 Å². The third-order valence-corrected chi connectivity index (χ3v) is 3.98. The summed E-state index contributed by atoms with van der Waals surface area (Å²) in [6.45, 7) is 1.16. The van der Waals surface area contributed by atoms with Crippen LogP contribution in [-0.2, 0) is 17.8 Å². The van der Waals surface area contributed by atoms with Crippen molar-refractivity contribution in [2.24, 2.45) is 0 Å². The molecule has 2 heterocycles. The fourth-order valence-corrected chi connectivity index (χ4v) is 3.02. The van der Waals surface area contributed by atoms with E-state index in [-0.39, 0.29) is 13.0 Å². The smallest absolute Gasteiger partial charge is 0.309 e. The van der Waals surface area contributed by atoms with Crippen LogP contribution in [0.1, 0.15) is 10.6 Å². The Kier molecular flexibility index (Phi) is 5.38. The predicted molar refractivity (Wildman–Crippen MR) is 80.1 cm³/mol. The largest absolute Gasteiger partial charge is 0.481 e. The van der Waals surface area contributed by atoms with Gasteiger partial charge in [0.25, 0.3) is 0 Å². The summed E-state index contributed by atoms with van der Waals surface area (Å²) in [7, 11) is 1.88. The number of aromatic nitrogens is 2. The van der Waals surface area contributed by atoms with Crippen LogP contribution in [0.3, 0.4) is 0 Å². The molecule has 6 nitrogen and oxygen atoms in total. The lowest BCUT2D eigenvalue weighted by molar-refractivity contribution is -0.136. The number of aliphatic hydroxyl groups is 1. The molecule has 112 valence electrons. The molecule has 0 aliphatic rings. The summed E-state index contributed by atoms with van der Waals surface area (Å²) in [6, 6.07) is 5.55. The average Bonchev–Trinajstić information content (AvgIpc) is 2.82. The predicted octanol–water partition coefficient (Wildman–Crippen LogP) is 1.26. The number of aliphatic hydroxyl groups excluding tert-OH is 1. The SMILES string of the molecule is CN(CCO)Cc1sc(-c2ccccn2)nc1CC(=O)O. The number of thiazole rings is 1. The third-order valence-electron chi connectivity index (χ3n) is 2.88. The minimum Gasteiger partial charge on any atom is -0.481 e. The van der Waals surface area contributed by atoms with Gasteiger partial charge in [-0.05, 0) is 19.2 Å². The van der Waals surface area contributed by atoms with Gasteiger partial charge in [-0.25, -0.2) is 4.98 Å². The Morgan fingerprint density at radius 1 is 1.43 bits per heavy atom. The zero-order valence-electron chi connectivity index (χ0n) is 11.7. The van der Waals surface area contributed by atoms with Crippen LogP contribution >= 0.6 is 11.3 Å². The van der Waals surface area contributed by atoms with Crippen LogP contribution in [0.15, 0.2) is 24.4 Å². The van der Waals surface area contributed by atoms with Crippen molar-refractivity contribution in [3.8, 4) is 10.7 Å². The topological polar surface area (TPSA) is 86.5 Å². The van der Waals surface area contributed by atoms with Gasteiger partial charge in [0.15, 0.2) is 0 Å². The molecule has 0 aliphatic carbocycles. The van der Waals surface area contributed by atoms with Gasteiger partial charge in [0.05, 0.1) is 24.4 Å². The van der Waals surface area contributed by atoms with E-state index in [1.165, 1.54) is 11.3 Å². The first kappa shape index (κ1) is 15.6. The van der Waals surface area contributed by atoms with E-state index in [9.17, 15) is 4.79 Å². The number of carboxylic acids is 1. The molecule has 0 aromatic carbocycles. The van der Waals surface area contributed by atoms with Gasteiger partial charge in [0, 0.05) is 24.2 Å². The molecule has 0 atom stereocenters. The summed E-state index contributed by atoms with van der Waals surface area (Å²) >= 11 is 1.45. The lowest BCUT2D eigenvalue weighted by Crippen LogP contribution is -2.21. The zero-order chi connectivity index (χ0) is 15.2. The van der Waals surface area contributed by atoms with Crippen LogP contribution in [0.2, 0.25) is 0 Å². The lowest BCUT2D eigenvalue weighted by Gasteiger charge is -2.13. The highest BCUT2D eigenvalue weighted by Gasteiger charge is 2.16. The summed E-state index contributed by atoms with van der Waals surface area (Å²) in [4.78, 5) is 22.5. The van der Waals surface area contributed by atoms with Gasteiger partial charge in [-0.2, -0.15) is 0 Å². The number of likely N-dealkylation sites (N-methyl/N-ethyl adjacent to an activating group) is 1. The fraction of sp³-hybridized carbons (Fsp3) is 0.357. The normalized spacial score (nSPS) is 11.0. The summed E-state index contributed by atoms with van der Waals surface area (Å²) in [5, 5.41) is 18.7. The van der Waals surface area contributed by atoms with Crippen molar-refractivity contribution >= 4 is 17.3 Å². The highest BCUT2D eigenvalue weighted by Crippen LogP contribution is 2.28. The quantitative estimate of drug-likeness (QED) is 0.801. The van der Waals surface area contributed by atoms with E-state index >= 15 is 0 Å². The molecule has 2 aromatic heterocycles. The number of nitrogens with zero attached hydrogens (tertiary/aromatic N) is 3. The van der Waals surface area contributed by atoms with Crippen LogP contribution in [-0.4, -0.2) is 51.2 Å². The first-order valence-electron chi connectivity index (χ1n) is 6.51. The number of carbonyl (C=O) groups is 1. The van der Waals surface area contributed by atoms with Crippen LogP contribution in [0, 0.1) is 0 Å². The van der Waals surface area contributed by atoms with E-state index in [0.717, 1.165) is 15.6 Å². The van der Waals surface area contributed by atoms with E-state index in [4.69, 9.17) is 10.2 Å². The number of carboxylic acid groups (broad SMARTS) is 1. The Morgan fingerprint density at radius 3 is 2.86 bits per heavy atom. The Hall–Kier alpha value is -1.83. The van der Waals surface area contributed by atoms with Gasteiger partial charge >= 0.3 is 5.97 Å². The molecule has 0 saturated carbocycles. The number of hydrogen-bond acceptors (Lipinski definition) is 6. The third kappa shape index (κ3) is 4.32. The van der Waals surface area contributed by atoms with Crippen LogP contribution in [0.5, 0.6) is 0 Å². The molecule has 21 heavy (non-hydrogen) atoms. The maximum Gasteiger partial charge on any atom is 0.309 e. The second-order valence-corrected chi connectivity index (χ2v) is 5.72. The van der Waals surface area contributed by atoms with Gasteiger partial charge in [-0.15, -0.1) is 11.3 Å². The maximum atomic E-state index is 11.0. The molecule has 0 amide bonds. The van der Waals surface area contributed by atoms with Gasteiger partial charge in [0.2, 0.25) is 0 Å². The van der Waals surface area contributed by atoms with Crippen molar-refractivity contribution < 1.29 is 15.0 Å². The minimum atomic E-state index is -0.904. The molecule has 0 aliphatic heterocycles. The second-order valence-electron chi connectivity index (χ2n) is 4.64. The molecule has 2 aromatic rings. The molecule has 0 fully saturated rings. The Balaban J connectivity index is 2.28. The van der Waals surface area contributed by atoms with Crippen molar-refractivity contribution in [1.82, 2.24) is 14.9 Å². The summed E-state index contributed by atoms with van der Waals surface area (Å²) < 4.78 is 0. The molecule has 7 heteroatoms. The van der Waals surface area contributed by atoms with E-state index in [1.807, 2.05) is 30.1 Å². The summed E-state index contributed by atoms with van der Waals surface area (Å²) in [6.07, 6.45) is 1.58. The zero-order valence-corrected chi connectivity index (χ0v) is 12.5. The molecule has 2 rings (SSSR count). The standard InChI is InChI=1S/C14H17N3O3S/c1-17(6-7-18)9-12-11(8-13(19)20)16-14(21-12)10-4-2-3-5-15-10/h2-5,18H,6-9H2,1H3,(H,19,20). The summed E-state index contributed by atoms with van der Waals surface area (Å²) in [5.74, 6) is -0.904. The highest BCUT2D eigenvalue weighted by atomic mass is 32.1. The van der Waals surface area contributed by atoms with E-state index in [1.54, 1.807) is 6.20 Å². The molecule has 0 radical (unpaired) electrons. The number of pyridine rings is 1. The molecule has 2 N–H and O–H groups in total. The van der Waals surface area contributed by atoms with Crippen molar-refractivity contribution in [2.45, 2.75) is 13.0 Å². The van der Waals surface area contributed by atoms with Gasteiger partial charge < -0.3 is 10.2 Å². The van der Waals surface area contributed by atoms with Gasteiger partial charge in [-0.3, -0.25) is 14.7 Å². The first-order chi connectivity index (χ1) is 10.1. The highest BCUT2D eigenvalue weighted by molar-refractivity contribution is 7.15. The number of aliphatic carboxylic acids is 1. The summed E-state index contributed by atoms with van der Waals surface area (Å²) in [5.41, 5.74) is 1.31. The Morgan fingerprint density at radius 2 is 2.24 bits per heavy atom. The van der Waals surface area contributed by atoms with Gasteiger partial charge in [-0.1, -0.05) is 6.07 Å². The number of hydrogen-bond donors (Lipinski definition) is 2. The molecule has 0 saturated heterocycles. The van der Waals surface area contributed by atoms with Crippen LogP contribution < -0.4 is 0 Å². The van der Waals surface area contributed by atoms with Gasteiger partial charge in [0.1, 0.15) is 5.01 Å². The molecular formula is C14H17N3O3S. The molecule has 0 unspecified atom stereocenters. The Bertz CT molecular complexity index is 601. The van der Waals surface area contributed by atoms with Crippen molar-refractivity contribution in [3.63, 3.8) is 0 Å². The number of rotatable bonds is 7. The van der Waals surface area contributed by atoms with E-state index < -0.39 is 5.97 Å². The second kappa shape index (κ2) is 7.26. The molecule has 0 bridgehead atoms. The lowest BCUT2D eigenvalue weighted by atomic mass is 10.2. The molecular weight excluding hydrogens is 290 g/mol. The monoisotopic (exact) mass is 307 g/mol. The maximum absolute atomic E-state index is 11.0. The first-order valence-corrected chi connectivity index (χ1v) is 7.33. The Labute approximate surface area is 126 Å². The van der Waals surface area contributed by atoms with Crippen LogP contribution in [0.25, 0.3) is 10.7 Å². The van der Waals surface area contributed by atoms with Crippen molar-refractivity contribution in [3.05, 3.63) is 35.0 Å². The van der Waals surface area contributed by atoms with Crippen LogP contribution in [0.4, 0.5) is 0 Å². The van der Waals surface area contributed by atoms with Crippen molar-refractivity contribution in [2.75, 3.05) is 20.2 Å².